The van der Waals surface area contributed by atoms with E-state index < -0.39 is 12.2 Å². The number of benzene rings is 2. The quantitative estimate of drug-likeness (QED) is 0.517. The highest BCUT2D eigenvalue weighted by atomic mass is 79.9. The van der Waals surface area contributed by atoms with Gasteiger partial charge in [0.05, 0.1) is 0 Å². The number of aromatic nitrogens is 1. The van der Waals surface area contributed by atoms with Crippen LogP contribution in [0.3, 0.4) is 0 Å². The van der Waals surface area contributed by atoms with Crippen LogP contribution >= 0.6 is 27.5 Å². The van der Waals surface area contributed by atoms with Gasteiger partial charge in [0.15, 0.2) is 5.76 Å². The number of hydrogen-bond acceptors (Lipinski definition) is 4. The molecule has 0 saturated heterocycles. The number of hydrogen-bond donors (Lipinski definition) is 1. The molecule has 1 N–H and O–H groups in total. The molecule has 3 rings (SSSR count). The number of nitrogens with zero attached hydrogens (tertiary/aromatic N) is 1. The van der Waals surface area contributed by atoms with Crippen LogP contribution in [0.4, 0.5) is 10.5 Å². The molecule has 0 aliphatic carbocycles. The summed E-state index contributed by atoms with van der Waals surface area (Å²) in [5.41, 5.74) is 2.53. The summed E-state index contributed by atoms with van der Waals surface area (Å²) >= 11 is 9.63. The zero-order valence-corrected chi connectivity index (χ0v) is 16.5. The van der Waals surface area contributed by atoms with E-state index in [0.717, 1.165) is 15.6 Å². The fraction of sp³-hybridized carbons (Fsp3) is 0.158. The Morgan fingerprint density at radius 2 is 1.92 bits per heavy atom. The second-order valence-electron chi connectivity index (χ2n) is 5.65. The third-order valence-electron chi connectivity index (χ3n) is 3.84. The molecule has 1 amide bonds. The lowest BCUT2D eigenvalue weighted by Gasteiger charge is -2.15. The Morgan fingerprint density at radius 1 is 1.23 bits per heavy atom. The number of amides is 1. The van der Waals surface area contributed by atoms with Crippen molar-refractivity contribution in [3.63, 3.8) is 0 Å². The molecule has 3 aromatic rings. The van der Waals surface area contributed by atoms with Crippen LogP contribution in [0.25, 0.3) is 11.3 Å². The lowest BCUT2D eigenvalue weighted by Crippen LogP contribution is -2.17. The second kappa shape index (κ2) is 7.93. The van der Waals surface area contributed by atoms with Crippen LogP contribution in [-0.2, 0) is 4.74 Å². The molecule has 0 spiro atoms. The van der Waals surface area contributed by atoms with E-state index in [1.165, 1.54) is 0 Å². The smallest absolute Gasteiger partial charge is 0.412 e. The van der Waals surface area contributed by atoms with Crippen LogP contribution in [0.1, 0.15) is 24.3 Å². The summed E-state index contributed by atoms with van der Waals surface area (Å²) in [6.07, 6.45) is -1.12. The molecule has 7 heteroatoms. The Morgan fingerprint density at radius 3 is 2.65 bits per heavy atom. The van der Waals surface area contributed by atoms with Crippen molar-refractivity contribution in [1.82, 2.24) is 5.16 Å². The largest absolute Gasteiger partial charge is 0.441 e. The molecule has 134 valence electrons. The summed E-state index contributed by atoms with van der Waals surface area (Å²) in [4.78, 5) is 12.4. The maximum Gasteiger partial charge on any atom is 0.412 e. The maximum absolute atomic E-state index is 12.4. The van der Waals surface area contributed by atoms with Gasteiger partial charge in [-0.3, -0.25) is 5.32 Å². The van der Waals surface area contributed by atoms with Gasteiger partial charge in [0.25, 0.3) is 0 Å². The van der Waals surface area contributed by atoms with Crippen LogP contribution in [0.15, 0.2) is 57.5 Å². The molecule has 1 heterocycles. The van der Waals surface area contributed by atoms with Gasteiger partial charge < -0.3 is 9.26 Å². The minimum atomic E-state index is -0.614. The minimum Gasteiger partial charge on any atom is -0.441 e. The van der Waals surface area contributed by atoms with Crippen molar-refractivity contribution in [2.45, 2.75) is 20.0 Å². The number of ether oxygens (including phenoxy) is 1. The van der Waals surface area contributed by atoms with Gasteiger partial charge in [0.1, 0.15) is 17.5 Å². The summed E-state index contributed by atoms with van der Waals surface area (Å²) in [5.74, 6) is 0.456. The van der Waals surface area contributed by atoms with Crippen LogP contribution in [0, 0.1) is 6.92 Å². The summed E-state index contributed by atoms with van der Waals surface area (Å²) in [5, 5.41) is 7.22. The van der Waals surface area contributed by atoms with E-state index in [2.05, 4.69) is 26.4 Å². The number of nitrogens with one attached hydrogen (secondary N) is 1. The van der Waals surface area contributed by atoms with Crippen molar-refractivity contribution < 1.29 is 14.1 Å². The molecule has 0 radical (unpaired) electrons. The molecule has 1 unspecified atom stereocenters. The van der Waals surface area contributed by atoms with E-state index in [9.17, 15) is 4.79 Å². The van der Waals surface area contributed by atoms with E-state index in [-0.39, 0.29) is 0 Å². The molecule has 5 nitrogen and oxygen atoms in total. The first-order valence-electron chi connectivity index (χ1n) is 7.90. The summed E-state index contributed by atoms with van der Waals surface area (Å²) in [7, 11) is 0. The van der Waals surface area contributed by atoms with Gasteiger partial charge in [0, 0.05) is 20.6 Å². The van der Waals surface area contributed by atoms with E-state index in [4.69, 9.17) is 20.9 Å². The second-order valence-corrected chi connectivity index (χ2v) is 6.91. The standard InChI is InChI=1S/C19H16BrClN2O3/c1-11-17(18(26-23-11)14-8-3-5-9-15(14)20)22-19(24)25-12(2)13-7-4-6-10-16(13)21/h3-10,12H,1-2H3,(H,22,24). The number of rotatable bonds is 4. The summed E-state index contributed by atoms with van der Waals surface area (Å²) < 4.78 is 11.7. The van der Waals surface area contributed by atoms with Crippen molar-refractivity contribution in [1.29, 1.82) is 0 Å². The Hall–Kier alpha value is -2.31. The third-order valence-corrected chi connectivity index (χ3v) is 4.87. The fourth-order valence-corrected chi connectivity index (χ4v) is 3.26. The maximum atomic E-state index is 12.4. The molecular weight excluding hydrogens is 420 g/mol. The van der Waals surface area contributed by atoms with Crippen LogP contribution in [0.2, 0.25) is 5.02 Å². The van der Waals surface area contributed by atoms with E-state index in [0.29, 0.717) is 22.2 Å². The molecule has 1 atom stereocenters. The first-order valence-corrected chi connectivity index (χ1v) is 9.07. The molecule has 0 aliphatic rings. The van der Waals surface area contributed by atoms with Crippen LogP contribution in [-0.4, -0.2) is 11.2 Å². The van der Waals surface area contributed by atoms with E-state index in [1.807, 2.05) is 42.5 Å². The van der Waals surface area contributed by atoms with E-state index in [1.54, 1.807) is 19.9 Å². The third kappa shape index (κ3) is 3.92. The number of carbonyl (C=O) groups is 1. The Labute approximate surface area is 164 Å². The van der Waals surface area contributed by atoms with Gasteiger partial charge in [-0.1, -0.05) is 63.0 Å². The van der Waals surface area contributed by atoms with E-state index >= 15 is 0 Å². The first kappa shape index (κ1) is 18.5. The zero-order chi connectivity index (χ0) is 18.7. The van der Waals surface area contributed by atoms with Crippen LogP contribution < -0.4 is 5.32 Å². The molecular formula is C19H16BrClN2O3. The van der Waals surface area contributed by atoms with Crippen molar-refractivity contribution in [3.8, 4) is 11.3 Å². The topological polar surface area (TPSA) is 64.4 Å². The summed E-state index contributed by atoms with van der Waals surface area (Å²) in [6, 6.07) is 14.8. The number of aryl methyl sites for hydroxylation is 1. The predicted octanol–water partition coefficient (Wildman–Crippen LogP) is 6.38. The lowest BCUT2D eigenvalue weighted by molar-refractivity contribution is 0.121. The Kier molecular flexibility index (Phi) is 5.64. The van der Waals surface area contributed by atoms with Crippen LogP contribution in [0.5, 0.6) is 0 Å². The van der Waals surface area contributed by atoms with Gasteiger partial charge in [0.2, 0.25) is 0 Å². The highest BCUT2D eigenvalue weighted by Gasteiger charge is 2.21. The van der Waals surface area contributed by atoms with Gasteiger partial charge in [-0.25, -0.2) is 4.79 Å². The lowest BCUT2D eigenvalue weighted by atomic mass is 10.1. The Bertz CT molecular complexity index is 942. The normalized spacial score (nSPS) is 11.8. The monoisotopic (exact) mass is 434 g/mol. The van der Waals surface area contributed by atoms with Gasteiger partial charge in [-0.15, -0.1) is 0 Å². The SMILES string of the molecule is Cc1noc(-c2ccccc2Br)c1NC(=O)OC(C)c1ccccc1Cl. The highest BCUT2D eigenvalue weighted by molar-refractivity contribution is 9.10. The van der Waals surface area contributed by atoms with Crippen molar-refractivity contribution >= 4 is 39.3 Å². The van der Waals surface area contributed by atoms with Crippen molar-refractivity contribution in [2.24, 2.45) is 0 Å². The molecule has 0 fully saturated rings. The zero-order valence-electron chi connectivity index (χ0n) is 14.1. The Balaban J connectivity index is 1.79. The highest BCUT2D eigenvalue weighted by Crippen LogP contribution is 2.35. The number of carbonyl (C=O) groups excluding carboxylic acids is 1. The van der Waals surface area contributed by atoms with Crippen molar-refractivity contribution in [2.75, 3.05) is 5.32 Å². The fourth-order valence-electron chi connectivity index (χ4n) is 2.51. The number of anilines is 1. The average Bonchev–Trinajstić information content (AvgIpc) is 2.96. The predicted molar refractivity (Wildman–Crippen MR) is 104 cm³/mol. The first-order chi connectivity index (χ1) is 12.5. The van der Waals surface area contributed by atoms with Gasteiger partial charge >= 0.3 is 6.09 Å². The molecule has 0 aliphatic heterocycles. The van der Waals surface area contributed by atoms with Gasteiger partial charge in [-0.2, -0.15) is 0 Å². The molecule has 1 aromatic heterocycles. The molecule has 0 bridgehead atoms. The summed E-state index contributed by atoms with van der Waals surface area (Å²) in [6.45, 7) is 3.51. The van der Waals surface area contributed by atoms with Gasteiger partial charge in [-0.05, 0) is 32.0 Å². The molecule has 0 saturated carbocycles. The molecule has 26 heavy (non-hydrogen) atoms. The van der Waals surface area contributed by atoms with Crippen molar-refractivity contribution in [3.05, 3.63) is 69.3 Å². The average molecular weight is 436 g/mol. The minimum absolute atomic E-state index is 0.456. The number of halogens is 2. The molecule has 2 aromatic carbocycles.